The Morgan fingerprint density at radius 2 is 1.59 bits per heavy atom. The molecule has 9 heteroatoms. The number of halogens is 2. The number of Topliss-reactive ketones (excluding diaryl/α,β-unsaturated/α-hetero) is 1. The predicted octanol–water partition coefficient (Wildman–Crippen LogP) is 5.22. The topological polar surface area (TPSA) is 73.0 Å². The van der Waals surface area contributed by atoms with E-state index in [2.05, 4.69) is 15.1 Å². The molecule has 2 heterocycles. The van der Waals surface area contributed by atoms with Crippen LogP contribution in [-0.2, 0) is 16.0 Å². The maximum Gasteiger partial charge on any atom is 0.326 e. The third-order valence-corrected chi connectivity index (χ3v) is 7.34. The van der Waals surface area contributed by atoms with Crippen molar-refractivity contribution < 1.29 is 14.4 Å². The fourth-order valence-corrected chi connectivity index (χ4v) is 5.47. The van der Waals surface area contributed by atoms with Crippen LogP contribution in [0, 0.1) is 0 Å². The van der Waals surface area contributed by atoms with Crippen LogP contribution in [0.4, 0.5) is 21.9 Å². The van der Waals surface area contributed by atoms with Gasteiger partial charge in [-0.05, 0) is 60.0 Å². The minimum Gasteiger partial charge on any atom is -0.369 e. The van der Waals surface area contributed by atoms with E-state index >= 15 is 0 Å². The van der Waals surface area contributed by atoms with Gasteiger partial charge in [0, 0.05) is 59.8 Å². The molecule has 0 radical (unpaired) electrons. The van der Waals surface area contributed by atoms with E-state index in [9.17, 15) is 14.4 Å². The maximum absolute atomic E-state index is 12.9. The molecule has 0 aromatic heterocycles. The lowest BCUT2D eigenvalue weighted by molar-refractivity contribution is -0.133. The van der Waals surface area contributed by atoms with E-state index < -0.39 is 11.8 Å². The number of nitrogens with zero attached hydrogens (tertiary/aromatic N) is 3. The fraction of sp³-hybridized carbons (Fsp3) is 0.250. The van der Waals surface area contributed by atoms with Crippen LogP contribution in [0.1, 0.15) is 17.2 Å². The van der Waals surface area contributed by atoms with E-state index in [1.54, 1.807) is 29.2 Å². The lowest BCUT2D eigenvalue weighted by Gasteiger charge is -2.39. The summed E-state index contributed by atoms with van der Waals surface area (Å²) in [6, 6.07) is 19.5. The van der Waals surface area contributed by atoms with Gasteiger partial charge in [-0.3, -0.25) is 19.4 Å². The Labute approximate surface area is 225 Å². The molecule has 1 fully saturated rings. The van der Waals surface area contributed by atoms with Crippen molar-refractivity contribution in [3.8, 4) is 0 Å². The molecule has 1 saturated heterocycles. The number of ketones is 1. The average Bonchev–Trinajstić information content (AvgIpc) is 3.33. The minimum absolute atomic E-state index is 0.244. The van der Waals surface area contributed by atoms with Gasteiger partial charge in [-0.1, -0.05) is 47.5 Å². The summed E-state index contributed by atoms with van der Waals surface area (Å²) in [5, 5.41) is 4.11. The normalized spacial score (nSPS) is 16.3. The van der Waals surface area contributed by atoms with Gasteiger partial charge in [-0.2, -0.15) is 0 Å². The van der Waals surface area contributed by atoms with E-state index in [0.717, 1.165) is 22.5 Å². The van der Waals surface area contributed by atoms with Crippen molar-refractivity contribution in [3.05, 3.63) is 87.9 Å². The van der Waals surface area contributed by atoms with Gasteiger partial charge >= 0.3 is 6.03 Å². The highest BCUT2D eigenvalue weighted by atomic mass is 35.5. The second kappa shape index (κ2) is 10.9. The number of anilines is 3. The Kier molecular flexibility index (Phi) is 7.46. The molecule has 1 N–H and O–H groups in total. The van der Waals surface area contributed by atoms with E-state index in [-0.39, 0.29) is 6.03 Å². The van der Waals surface area contributed by atoms with E-state index in [1.807, 2.05) is 42.5 Å². The third kappa shape index (κ3) is 5.49. The Morgan fingerprint density at radius 1 is 0.865 bits per heavy atom. The van der Waals surface area contributed by atoms with E-state index in [4.69, 9.17) is 23.2 Å². The zero-order valence-electron chi connectivity index (χ0n) is 20.1. The van der Waals surface area contributed by atoms with Crippen LogP contribution in [-0.4, -0.2) is 55.7 Å². The van der Waals surface area contributed by atoms with E-state index in [0.29, 0.717) is 61.2 Å². The van der Waals surface area contributed by atoms with Crippen LogP contribution in [0.5, 0.6) is 0 Å². The molecule has 5 rings (SSSR count). The highest BCUT2D eigenvalue weighted by Crippen LogP contribution is 2.34. The first-order valence-corrected chi connectivity index (χ1v) is 12.9. The fourth-order valence-electron chi connectivity index (χ4n) is 5.09. The molecule has 3 aromatic carbocycles. The molecule has 7 nitrogen and oxygen atoms in total. The summed E-state index contributed by atoms with van der Waals surface area (Å²) in [6.07, 6.45) is 1.07. The Hall–Kier alpha value is -3.39. The number of rotatable bonds is 6. The Morgan fingerprint density at radius 3 is 2.30 bits per heavy atom. The molecule has 1 atom stereocenters. The number of carbonyl (C=O) groups excluding carboxylic acids is 3. The summed E-state index contributed by atoms with van der Waals surface area (Å²) in [6.45, 7) is 3.20. The number of nitrogens with one attached hydrogen (secondary N) is 1. The summed E-state index contributed by atoms with van der Waals surface area (Å²) in [7, 11) is 0. The third-order valence-electron chi connectivity index (χ3n) is 6.87. The molecule has 37 heavy (non-hydrogen) atoms. The number of fused-ring (bicyclic) bond motifs is 1. The maximum atomic E-state index is 12.9. The van der Waals surface area contributed by atoms with Crippen molar-refractivity contribution in [1.29, 1.82) is 0 Å². The SMILES string of the molecule is O=CC(=O)C(c1ccc2c(c1)CCN2C(=O)Nc1cccc(Cl)c1)N1CCN(c2cccc(Cl)c2)CC1. The molecule has 2 amide bonds. The number of benzene rings is 3. The zero-order valence-corrected chi connectivity index (χ0v) is 21.6. The highest BCUT2D eigenvalue weighted by Gasteiger charge is 2.32. The van der Waals surface area contributed by atoms with Crippen molar-refractivity contribution in [2.75, 3.05) is 47.8 Å². The molecule has 1 unspecified atom stereocenters. The monoisotopic (exact) mass is 536 g/mol. The van der Waals surface area contributed by atoms with Crippen LogP contribution >= 0.6 is 23.2 Å². The van der Waals surface area contributed by atoms with Gasteiger partial charge in [0.2, 0.25) is 5.78 Å². The first-order valence-electron chi connectivity index (χ1n) is 12.1. The van der Waals surface area contributed by atoms with Gasteiger partial charge in [0.25, 0.3) is 0 Å². The van der Waals surface area contributed by atoms with Gasteiger partial charge in [0.05, 0.1) is 0 Å². The summed E-state index contributed by atoms with van der Waals surface area (Å²) in [4.78, 5) is 43.3. The molecular weight excluding hydrogens is 511 g/mol. The molecule has 0 spiro atoms. The van der Waals surface area contributed by atoms with Gasteiger partial charge in [-0.15, -0.1) is 0 Å². The van der Waals surface area contributed by atoms with Crippen molar-refractivity contribution >= 4 is 58.4 Å². The van der Waals surface area contributed by atoms with Crippen molar-refractivity contribution in [1.82, 2.24) is 4.90 Å². The number of urea groups is 1. The van der Waals surface area contributed by atoms with Crippen molar-refractivity contribution in [2.45, 2.75) is 12.5 Å². The molecular formula is C28H26Cl2N4O3. The van der Waals surface area contributed by atoms with E-state index in [1.165, 1.54) is 0 Å². The molecule has 190 valence electrons. The van der Waals surface area contributed by atoms with Gasteiger partial charge in [-0.25, -0.2) is 4.79 Å². The first kappa shape index (κ1) is 25.3. The second-order valence-corrected chi connectivity index (χ2v) is 10.0. The second-order valence-electron chi connectivity index (χ2n) is 9.16. The largest absolute Gasteiger partial charge is 0.369 e. The summed E-state index contributed by atoms with van der Waals surface area (Å²) in [5.74, 6) is -0.468. The van der Waals surface area contributed by atoms with Crippen LogP contribution < -0.4 is 15.1 Å². The van der Waals surface area contributed by atoms with Crippen LogP contribution in [0.2, 0.25) is 10.0 Å². The summed E-state index contributed by atoms with van der Waals surface area (Å²) < 4.78 is 0. The Bertz CT molecular complexity index is 1340. The molecule has 2 aliphatic rings. The summed E-state index contributed by atoms with van der Waals surface area (Å²) >= 11 is 12.2. The molecule has 3 aromatic rings. The predicted molar refractivity (Wildman–Crippen MR) is 147 cm³/mol. The molecule has 0 saturated carbocycles. The van der Waals surface area contributed by atoms with Gasteiger partial charge in [0.15, 0.2) is 6.29 Å². The Balaban J connectivity index is 1.31. The lowest BCUT2D eigenvalue weighted by Crippen LogP contribution is -2.49. The minimum atomic E-state index is -0.654. The van der Waals surface area contributed by atoms with Crippen molar-refractivity contribution in [2.24, 2.45) is 0 Å². The van der Waals surface area contributed by atoms with Crippen LogP contribution in [0.3, 0.4) is 0 Å². The highest BCUT2D eigenvalue weighted by molar-refractivity contribution is 6.31. The van der Waals surface area contributed by atoms with Gasteiger partial charge in [0.1, 0.15) is 6.04 Å². The lowest BCUT2D eigenvalue weighted by atomic mass is 9.97. The number of carbonyl (C=O) groups is 3. The summed E-state index contributed by atoms with van der Waals surface area (Å²) in [5.41, 5.74) is 4.20. The number of piperazine rings is 1. The number of amides is 2. The average molecular weight is 537 g/mol. The number of hydrogen-bond acceptors (Lipinski definition) is 5. The molecule has 0 bridgehead atoms. The number of aldehydes is 1. The number of hydrogen-bond donors (Lipinski definition) is 1. The van der Waals surface area contributed by atoms with Gasteiger partial charge < -0.3 is 10.2 Å². The van der Waals surface area contributed by atoms with Crippen LogP contribution in [0.15, 0.2) is 66.7 Å². The molecule has 0 aliphatic carbocycles. The van der Waals surface area contributed by atoms with Crippen LogP contribution in [0.25, 0.3) is 0 Å². The standard InChI is InChI=1S/C28H26Cl2N4O3/c29-21-3-1-5-23(16-21)31-28(37)34-10-9-19-15-20(7-8-25(19)34)27(26(36)18-35)33-13-11-32(12-14-33)24-6-2-4-22(30)17-24/h1-8,15-18,27H,9-14H2,(H,31,37). The quantitative estimate of drug-likeness (QED) is 0.345. The van der Waals surface area contributed by atoms with Crippen molar-refractivity contribution in [3.63, 3.8) is 0 Å². The first-order chi connectivity index (χ1) is 17.9. The molecule has 2 aliphatic heterocycles. The zero-order chi connectivity index (χ0) is 25.9. The smallest absolute Gasteiger partial charge is 0.326 e.